The molecule has 0 saturated heterocycles. The summed E-state index contributed by atoms with van der Waals surface area (Å²) >= 11 is 1.59. The molecule has 0 aliphatic rings. The topological polar surface area (TPSA) is 47.4 Å². The van der Waals surface area contributed by atoms with Crippen LogP contribution in [0.3, 0.4) is 0 Å². The highest BCUT2D eigenvalue weighted by Crippen LogP contribution is 2.40. The second-order valence-corrected chi connectivity index (χ2v) is 8.49. The smallest absolute Gasteiger partial charge is 0.262 e. The maximum atomic E-state index is 13.7. The third-order valence-corrected chi connectivity index (χ3v) is 6.54. The summed E-state index contributed by atoms with van der Waals surface area (Å²) in [6.07, 6.45) is 0.740. The average molecular weight is 414 g/mol. The number of methoxy groups -OCH3 is 1. The van der Waals surface area contributed by atoms with E-state index in [1.165, 1.54) is 0 Å². The number of ether oxygens (including phenoxy) is 1. The Kier molecular flexibility index (Phi) is 6.75. The molecule has 3 rings (SSSR count). The normalized spacial score (nSPS) is 11.6. The summed E-state index contributed by atoms with van der Waals surface area (Å²) in [7, 11) is 1.67. The molecule has 0 atom stereocenters. The molecule has 156 valence electrons. The largest absolute Gasteiger partial charge is 0.496 e. The van der Waals surface area contributed by atoms with E-state index in [9.17, 15) is 4.79 Å². The van der Waals surface area contributed by atoms with Crippen LogP contribution in [0.4, 0.5) is 0 Å². The first kappa shape index (κ1) is 21.5. The molecular formula is C23H31N3O2S. The lowest BCUT2D eigenvalue weighted by molar-refractivity contribution is 0.287. The van der Waals surface area contributed by atoms with Gasteiger partial charge in [-0.2, -0.15) is 0 Å². The highest BCUT2D eigenvalue weighted by molar-refractivity contribution is 7.19. The van der Waals surface area contributed by atoms with Crippen LogP contribution in [-0.4, -0.2) is 41.2 Å². The Hall–Kier alpha value is -2.18. The van der Waals surface area contributed by atoms with Gasteiger partial charge < -0.3 is 9.64 Å². The number of likely N-dealkylation sites (N-methyl/N-ethyl adjacent to an activating group) is 1. The van der Waals surface area contributed by atoms with Crippen LogP contribution < -0.4 is 10.3 Å². The molecule has 0 bridgehead atoms. The van der Waals surface area contributed by atoms with Crippen molar-refractivity contribution in [3.63, 3.8) is 0 Å². The molecule has 6 heteroatoms. The van der Waals surface area contributed by atoms with E-state index >= 15 is 0 Å². The molecule has 2 aromatic heterocycles. The molecule has 0 unspecified atom stereocenters. The minimum absolute atomic E-state index is 0.0573. The SMILES string of the molecule is CCc1nc2sc(C)c(-c3cc(C)ccc3OC)c2c(=O)n1CCN(CC)CC. The highest BCUT2D eigenvalue weighted by Gasteiger charge is 2.21. The Morgan fingerprint density at radius 1 is 1.17 bits per heavy atom. The van der Waals surface area contributed by atoms with Gasteiger partial charge in [0.25, 0.3) is 5.56 Å². The Labute approximate surface area is 177 Å². The van der Waals surface area contributed by atoms with Gasteiger partial charge in [-0.1, -0.05) is 32.4 Å². The predicted molar refractivity (Wildman–Crippen MR) is 123 cm³/mol. The number of thiophene rings is 1. The van der Waals surface area contributed by atoms with Crippen LogP contribution in [0.15, 0.2) is 23.0 Å². The van der Waals surface area contributed by atoms with Crippen LogP contribution in [0.25, 0.3) is 21.3 Å². The van der Waals surface area contributed by atoms with Crippen LogP contribution in [0, 0.1) is 13.8 Å². The molecule has 1 aromatic carbocycles. The third-order valence-electron chi connectivity index (χ3n) is 5.54. The first-order valence-corrected chi connectivity index (χ1v) is 11.2. The van der Waals surface area contributed by atoms with E-state index in [0.717, 1.165) is 64.0 Å². The fourth-order valence-corrected chi connectivity index (χ4v) is 4.91. The van der Waals surface area contributed by atoms with Gasteiger partial charge in [-0.25, -0.2) is 4.98 Å². The zero-order valence-electron chi connectivity index (χ0n) is 18.3. The molecule has 29 heavy (non-hydrogen) atoms. The van der Waals surface area contributed by atoms with Crippen molar-refractivity contribution < 1.29 is 4.74 Å². The van der Waals surface area contributed by atoms with Gasteiger partial charge in [0.1, 0.15) is 16.4 Å². The van der Waals surface area contributed by atoms with Crippen molar-refractivity contribution in [2.45, 2.75) is 47.6 Å². The van der Waals surface area contributed by atoms with E-state index in [-0.39, 0.29) is 5.56 Å². The molecule has 0 saturated carbocycles. The van der Waals surface area contributed by atoms with Crippen LogP contribution in [0.5, 0.6) is 5.75 Å². The van der Waals surface area contributed by atoms with Crippen molar-refractivity contribution in [1.82, 2.24) is 14.5 Å². The molecule has 0 fully saturated rings. The Morgan fingerprint density at radius 2 is 1.90 bits per heavy atom. The predicted octanol–water partition coefficient (Wildman–Crippen LogP) is 4.65. The molecule has 0 aliphatic heterocycles. The fraction of sp³-hybridized carbons (Fsp3) is 0.478. The number of hydrogen-bond acceptors (Lipinski definition) is 5. The van der Waals surface area contributed by atoms with E-state index in [2.05, 4.69) is 45.6 Å². The summed E-state index contributed by atoms with van der Waals surface area (Å²) < 4.78 is 7.49. The first-order valence-electron chi connectivity index (χ1n) is 10.3. The maximum absolute atomic E-state index is 13.7. The summed E-state index contributed by atoms with van der Waals surface area (Å²) in [6.45, 7) is 13.9. The van der Waals surface area contributed by atoms with Gasteiger partial charge in [0.05, 0.1) is 12.5 Å². The van der Waals surface area contributed by atoms with E-state index in [0.29, 0.717) is 11.9 Å². The number of hydrogen-bond donors (Lipinski definition) is 0. The first-order chi connectivity index (χ1) is 13.9. The molecule has 3 aromatic rings. The van der Waals surface area contributed by atoms with Crippen molar-refractivity contribution in [2.24, 2.45) is 0 Å². The average Bonchev–Trinajstić information content (AvgIpc) is 3.05. The minimum Gasteiger partial charge on any atom is -0.496 e. The Balaban J connectivity index is 2.24. The summed E-state index contributed by atoms with van der Waals surface area (Å²) in [4.78, 5) is 22.8. The molecule has 2 heterocycles. The fourth-order valence-electron chi connectivity index (χ4n) is 3.86. The number of aromatic nitrogens is 2. The molecule has 0 radical (unpaired) electrons. The number of rotatable bonds is 8. The lowest BCUT2D eigenvalue weighted by Crippen LogP contribution is -2.33. The van der Waals surface area contributed by atoms with E-state index in [1.807, 2.05) is 16.7 Å². The zero-order chi connectivity index (χ0) is 21.1. The van der Waals surface area contributed by atoms with Gasteiger partial charge in [0.2, 0.25) is 0 Å². The molecular weight excluding hydrogens is 382 g/mol. The lowest BCUT2D eigenvalue weighted by Gasteiger charge is -2.20. The molecule has 0 spiro atoms. The number of fused-ring (bicyclic) bond motifs is 1. The van der Waals surface area contributed by atoms with Gasteiger partial charge in [-0.05, 0) is 39.1 Å². The highest BCUT2D eigenvalue weighted by atomic mass is 32.1. The van der Waals surface area contributed by atoms with Gasteiger partial charge >= 0.3 is 0 Å². The Bertz CT molecular complexity index is 1060. The number of aryl methyl sites for hydroxylation is 3. The minimum atomic E-state index is 0.0573. The summed E-state index contributed by atoms with van der Waals surface area (Å²) in [6, 6.07) is 6.10. The quantitative estimate of drug-likeness (QED) is 0.539. The monoisotopic (exact) mass is 413 g/mol. The summed E-state index contributed by atoms with van der Waals surface area (Å²) in [5.74, 6) is 1.64. The van der Waals surface area contributed by atoms with E-state index in [4.69, 9.17) is 9.72 Å². The van der Waals surface area contributed by atoms with Gasteiger partial charge in [-0.15, -0.1) is 11.3 Å². The van der Waals surface area contributed by atoms with Crippen molar-refractivity contribution in [2.75, 3.05) is 26.7 Å². The number of benzene rings is 1. The van der Waals surface area contributed by atoms with Crippen LogP contribution in [0.2, 0.25) is 0 Å². The van der Waals surface area contributed by atoms with Gasteiger partial charge in [0.15, 0.2) is 0 Å². The van der Waals surface area contributed by atoms with Crippen LogP contribution in [-0.2, 0) is 13.0 Å². The molecule has 5 nitrogen and oxygen atoms in total. The van der Waals surface area contributed by atoms with E-state index in [1.54, 1.807) is 18.4 Å². The summed E-state index contributed by atoms with van der Waals surface area (Å²) in [5, 5.41) is 0.716. The molecule has 0 amide bonds. The Morgan fingerprint density at radius 3 is 2.52 bits per heavy atom. The van der Waals surface area contributed by atoms with Crippen molar-refractivity contribution in [3.05, 3.63) is 44.8 Å². The third kappa shape index (κ3) is 4.09. The van der Waals surface area contributed by atoms with Gasteiger partial charge in [0, 0.05) is 35.5 Å². The second-order valence-electron chi connectivity index (χ2n) is 7.28. The molecule has 0 N–H and O–H groups in total. The van der Waals surface area contributed by atoms with E-state index < -0.39 is 0 Å². The van der Waals surface area contributed by atoms with Crippen LogP contribution >= 0.6 is 11.3 Å². The van der Waals surface area contributed by atoms with Crippen LogP contribution in [0.1, 0.15) is 37.0 Å². The maximum Gasteiger partial charge on any atom is 0.262 e. The summed E-state index contributed by atoms with van der Waals surface area (Å²) in [5.41, 5.74) is 3.12. The van der Waals surface area contributed by atoms with Crippen molar-refractivity contribution in [1.29, 1.82) is 0 Å². The second kappa shape index (κ2) is 9.09. The lowest BCUT2D eigenvalue weighted by atomic mass is 10.0. The van der Waals surface area contributed by atoms with Crippen molar-refractivity contribution >= 4 is 21.6 Å². The van der Waals surface area contributed by atoms with Gasteiger partial charge in [-0.3, -0.25) is 9.36 Å². The number of nitrogens with zero attached hydrogens (tertiary/aromatic N) is 3. The zero-order valence-corrected chi connectivity index (χ0v) is 19.2. The standard InChI is InChI=1S/C23H31N3O2S/c1-7-19-24-22-21(23(27)26(19)13-12-25(8-2)9-3)20(16(5)29-22)17-14-15(4)10-11-18(17)28-6/h10-11,14H,7-9,12-13H2,1-6H3. The molecule has 0 aliphatic carbocycles. The van der Waals surface area contributed by atoms with Crippen molar-refractivity contribution in [3.8, 4) is 16.9 Å².